The minimum absolute atomic E-state index is 0.0164. The number of carbonyl (C=O) groups is 4. The highest BCUT2D eigenvalue weighted by Gasteiger charge is 2.30. The summed E-state index contributed by atoms with van der Waals surface area (Å²) in [6, 6.07) is 2.72. The highest BCUT2D eigenvalue weighted by atomic mass is 16.4. The Bertz CT molecular complexity index is 1540. The maximum absolute atomic E-state index is 13.6. The van der Waals surface area contributed by atoms with E-state index in [1.807, 2.05) is 24.3 Å². The Labute approximate surface area is 270 Å². The summed E-state index contributed by atoms with van der Waals surface area (Å²) in [7, 11) is 0. The van der Waals surface area contributed by atoms with Gasteiger partial charge in [0.15, 0.2) is 11.9 Å². The van der Waals surface area contributed by atoms with Crippen molar-refractivity contribution in [2.24, 2.45) is 38.7 Å². The first-order valence-electron chi connectivity index (χ1n) is 15.0. The van der Waals surface area contributed by atoms with E-state index in [1.165, 1.54) is 12.5 Å². The Morgan fingerprint density at radius 2 is 1.38 bits per heavy atom. The molecule has 0 aliphatic carbocycles. The van der Waals surface area contributed by atoms with Gasteiger partial charge in [-0.05, 0) is 37.3 Å². The molecule has 3 rings (SSSR count). The van der Waals surface area contributed by atoms with Gasteiger partial charge in [-0.25, -0.2) is 9.78 Å². The van der Waals surface area contributed by atoms with Crippen molar-refractivity contribution < 1.29 is 24.3 Å². The fourth-order valence-corrected chi connectivity index (χ4v) is 4.81. The zero-order valence-corrected chi connectivity index (χ0v) is 25.8. The van der Waals surface area contributed by atoms with Crippen molar-refractivity contribution in [3.05, 3.63) is 54.2 Å². The summed E-state index contributed by atoms with van der Waals surface area (Å²) < 4.78 is 0. The number of fused-ring (bicyclic) bond motifs is 1. The smallest absolute Gasteiger partial charge is 0.326 e. The second-order valence-electron chi connectivity index (χ2n) is 10.9. The topological polar surface area (TPSA) is 324 Å². The van der Waals surface area contributed by atoms with Crippen molar-refractivity contribution >= 4 is 46.5 Å². The molecule has 0 spiro atoms. The van der Waals surface area contributed by atoms with Crippen LogP contribution in [-0.4, -0.2) is 92.9 Å². The minimum atomic E-state index is -1.31. The van der Waals surface area contributed by atoms with Crippen LogP contribution in [0.25, 0.3) is 10.9 Å². The molecule has 4 unspecified atom stereocenters. The van der Waals surface area contributed by atoms with Gasteiger partial charge in [-0.3, -0.25) is 24.4 Å². The van der Waals surface area contributed by atoms with Crippen LogP contribution < -0.4 is 44.6 Å². The molecule has 3 amide bonds. The van der Waals surface area contributed by atoms with Gasteiger partial charge in [0, 0.05) is 54.9 Å². The molecule has 0 fully saturated rings. The quantitative estimate of drug-likeness (QED) is 0.0369. The second-order valence-corrected chi connectivity index (χ2v) is 10.9. The number of para-hydroxylation sites is 1. The van der Waals surface area contributed by atoms with E-state index >= 15 is 0 Å². The summed E-state index contributed by atoms with van der Waals surface area (Å²) in [5, 5.41) is 18.6. The number of carboxylic acids is 1. The lowest BCUT2D eigenvalue weighted by atomic mass is 10.0. The number of aliphatic imine (C=N–C) groups is 2. The van der Waals surface area contributed by atoms with Crippen molar-refractivity contribution in [1.29, 1.82) is 0 Å². The number of amides is 3. The third-order valence-electron chi connectivity index (χ3n) is 7.20. The number of guanidine groups is 2. The molecule has 0 bridgehead atoms. The van der Waals surface area contributed by atoms with Gasteiger partial charge in [-0.1, -0.05) is 18.2 Å². The average Bonchev–Trinajstić information content (AvgIpc) is 3.69. The third kappa shape index (κ3) is 11.7. The second kappa shape index (κ2) is 17.7. The van der Waals surface area contributed by atoms with Crippen LogP contribution in [0.3, 0.4) is 0 Å². The summed E-state index contributed by atoms with van der Waals surface area (Å²) in [5.74, 6) is -3.58. The number of aliphatic carboxylic acids is 1. The van der Waals surface area contributed by atoms with E-state index in [-0.39, 0.29) is 57.1 Å². The first-order chi connectivity index (χ1) is 22.4. The number of hydrogen-bond donors (Lipinski definition) is 11. The number of aromatic nitrogens is 3. The van der Waals surface area contributed by atoms with Gasteiger partial charge in [0.25, 0.3) is 0 Å². The van der Waals surface area contributed by atoms with Crippen LogP contribution in [0.5, 0.6) is 0 Å². The van der Waals surface area contributed by atoms with Gasteiger partial charge in [0.05, 0.1) is 12.4 Å². The van der Waals surface area contributed by atoms with Crippen LogP contribution in [0.1, 0.15) is 36.9 Å². The number of carboxylic acid groups (broad SMARTS) is 1. The normalized spacial score (nSPS) is 13.5. The SMILES string of the molecule is NC(N)=NCCCC(NC(=O)C(N)Cc1cnc[nH]1)C(=O)NC(CCCN=C(N)N)C(=O)NC(Cc1c[nH]c2ccccc12)C(=O)O. The van der Waals surface area contributed by atoms with Crippen LogP contribution in [0.15, 0.2) is 53.0 Å². The van der Waals surface area contributed by atoms with Crippen LogP contribution >= 0.6 is 0 Å². The number of nitrogens with zero attached hydrogens (tertiary/aromatic N) is 3. The van der Waals surface area contributed by atoms with E-state index in [0.717, 1.165) is 10.9 Å². The molecule has 2 heterocycles. The number of carbonyl (C=O) groups excluding carboxylic acids is 3. The van der Waals surface area contributed by atoms with Crippen molar-refractivity contribution in [1.82, 2.24) is 30.9 Å². The third-order valence-corrected chi connectivity index (χ3v) is 7.20. The number of aromatic amines is 2. The van der Waals surface area contributed by atoms with E-state index in [2.05, 4.69) is 40.9 Å². The predicted octanol–water partition coefficient (Wildman–Crippen LogP) is -2.35. The number of nitrogens with two attached hydrogens (primary N) is 5. The molecule has 0 saturated heterocycles. The summed E-state index contributed by atoms with van der Waals surface area (Å²) in [6.45, 7) is 0.333. The summed E-state index contributed by atoms with van der Waals surface area (Å²) >= 11 is 0. The molecular weight excluding hydrogens is 610 g/mol. The number of hydrogen-bond acceptors (Lipinski definition) is 8. The molecule has 47 heavy (non-hydrogen) atoms. The van der Waals surface area contributed by atoms with E-state index in [1.54, 1.807) is 6.20 Å². The van der Waals surface area contributed by atoms with Gasteiger partial charge in [0.2, 0.25) is 17.7 Å². The number of benzene rings is 1. The van der Waals surface area contributed by atoms with E-state index in [0.29, 0.717) is 17.7 Å². The maximum atomic E-state index is 13.6. The summed E-state index contributed by atoms with van der Waals surface area (Å²) in [6.07, 6.45) is 5.52. The lowest BCUT2D eigenvalue weighted by Gasteiger charge is -2.25. The van der Waals surface area contributed by atoms with Gasteiger partial charge in [-0.15, -0.1) is 0 Å². The number of imidazole rings is 1. The summed E-state index contributed by atoms with van der Waals surface area (Å²) in [4.78, 5) is 70.0. The predicted molar refractivity (Wildman–Crippen MR) is 176 cm³/mol. The van der Waals surface area contributed by atoms with Crippen molar-refractivity contribution in [2.45, 2.75) is 62.7 Å². The summed E-state index contributed by atoms with van der Waals surface area (Å²) in [5.41, 5.74) is 29.8. The highest BCUT2D eigenvalue weighted by molar-refractivity contribution is 5.94. The first-order valence-corrected chi connectivity index (χ1v) is 15.0. The Morgan fingerprint density at radius 1 is 0.809 bits per heavy atom. The number of H-pyrrole nitrogens is 2. The van der Waals surface area contributed by atoms with E-state index < -0.39 is 47.9 Å². The largest absolute Gasteiger partial charge is 0.480 e. The number of nitrogens with one attached hydrogen (secondary N) is 5. The molecule has 18 heteroatoms. The number of rotatable bonds is 19. The average molecular weight is 654 g/mol. The monoisotopic (exact) mass is 653 g/mol. The van der Waals surface area contributed by atoms with Gasteiger partial charge in [0.1, 0.15) is 18.1 Å². The van der Waals surface area contributed by atoms with E-state index in [9.17, 15) is 24.3 Å². The molecule has 2 aromatic heterocycles. The van der Waals surface area contributed by atoms with Gasteiger partial charge < -0.3 is 59.7 Å². The lowest BCUT2D eigenvalue weighted by molar-refractivity contribution is -0.142. The zero-order valence-electron chi connectivity index (χ0n) is 25.8. The van der Waals surface area contributed by atoms with Crippen molar-refractivity contribution in [3.8, 4) is 0 Å². The molecule has 18 nitrogen and oxygen atoms in total. The molecule has 3 aromatic rings. The molecule has 254 valence electrons. The van der Waals surface area contributed by atoms with E-state index in [4.69, 9.17) is 28.7 Å². The highest BCUT2D eigenvalue weighted by Crippen LogP contribution is 2.19. The Morgan fingerprint density at radius 3 is 1.94 bits per heavy atom. The molecule has 0 aliphatic heterocycles. The van der Waals surface area contributed by atoms with Crippen LogP contribution in [0.2, 0.25) is 0 Å². The lowest BCUT2D eigenvalue weighted by Crippen LogP contribution is -2.57. The van der Waals surface area contributed by atoms with Crippen LogP contribution in [-0.2, 0) is 32.0 Å². The molecular formula is C29H43N13O5. The molecule has 0 aliphatic rings. The van der Waals surface area contributed by atoms with Gasteiger partial charge >= 0.3 is 5.97 Å². The Kier molecular flexibility index (Phi) is 13.5. The molecule has 0 radical (unpaired) electrons. The molecule has 16 N–H and O–H groups in total. The van der Waals surface area contributed by atoms with Crippen LogP contribution in [0, 0.1) is 0 Å². The first kappa shape index (κ1) is 35.8. The van der Waals surface area contributed by atoms with Crippen molar-refractivity contribution in [3.63, 3.8) is 0 Å². The standard InChI is InChI=1S/C29H43N13O5/c30-19(12-17-14-35-15-39-17)24(43)40-21(7-3-9-36-28(31)32)25(44)41-22(8-4-10-37-29(33)34)26(45)42-23(27(46)47)11-16-13-38-20-6-2-1-5-18(16)20/h1-2,5-6,13-15,19,21-23,38H,3-4,7-12,30H2,(H,35,39)(H,40,43)(H,41,44)(H,42,45)(H,46,47)(H4,31,32,36)(H4,33,34,37). The fraction of sp³-hybridized carbons (Fsp3) is 0.414. The van der Waals surface area contributed by atoms with Crippen molar-refractivity contribution in [2.75, 3.05) is 13.1 Å². The Balaban J connectivity index is 1.77. The Hall–Kier alpha value is -5.65. The molecule has 4 atom stereocenters. The van der Waals surface area contributed by atoms with Crippen LogP contribution in [0.4, 0.5) is 0 Å². The minimum Gasteiger partial charge on any atom is -0.480 e. The molecule has 1 aromatic carbocycles. The molecule has 0 saturated carbocycles. The van der Waals surface area contributed by atoms with Gasteiger partial charge in [-0.2, -0.15) is 0 Å². The fourth-order valence-electron chi connectivity index (χ4n) is 4.81. The maximum Gasteiger partial charge on any atom is 0.326 e. The zero-order chi connectivity index (χ0) is 34.3.